The fraction of sp³-hybridized carbons (Fsp3) is 0.658. The van der Waals surface area contributed by atoms with Crippen LogP contribution in [-0.4, -0.2) is 80.6 Å². The van der Waals surface area contributed by atoms with Crippen molar-refractivity contribution in [1.29, 1.82) is 5.26 Å². The Morgan fingerprint density at radius 1 is 1.12 bits per heavy atom. The zero-order chi connectivity index (χ0) is 37.3. The molecule has 0 amide bonds. The summed E-state index contributed by atoms with van der Waals surface area (Å²) in [5, 5.41) is 33.3. The average Bonchev–Trinajstić information content (AvgIpc) is 3.59. The van der Waals surface area contributed by atoms with Crippen LogP contribution in [0.3, 0.4) is 0 Å². The van der Waals surface area contributed by atoms with E-state index in [9.17, 15) is 10.1 Å². The largest absolute Gasteiger partial charge is 0.437 e. The lowest BCUT2D eigenvalue weighted by Gasteiger charge is -2.32. The summed E-state index contributed by atoms with van der Waals surface area (Å²) >= 11 is 0. The minimum Gasteiger partial charge on any atom is -0.437 e. The van der Waals surface area contributed by atoms with Gasteiger partial charge in [-0.1, -0.05) is 19.9 Å². The van der Waals surface area contributed by atoms with Crippen LogP contribution >= 0.6 is 0 Å². The van der Waals surface area contributed by atoms with E-state index in [4.69, 9.17) is 24.2 Å². The van der Waals surface area contributed by atoms with E-state index in [2.05, 4.69) is 57.3 Å². The number of pyridine rings is 2. The second-order valence-electron chi connectivity index (χ2n) is 15.7. The van der Waals surface area contributed by atoms with E-state index in [1.807, 2.05) is 59.0 Å². The van der Waals surface area contributed by atoms with E-state index in [1.165, 1.54) is 4.80 Å². The molecule has 52 heavy (non-hydrogen) atoms. The lowest BCUT2D eigenvalue weighted by atomic mass is 9.82. The van der Waals surface area contributed by atoms with Gasteiger partial charge in [0.2, 0.25) is 12.1 Å². The molecule has 2 aliphatic rings. The van der Waals surface area contributed by atoms with Crippen molar-refractivity contribution in [3.05, 3.63) is 41.9 Å². The normalized spacial score (nSPS) is 20.1. The minimum atomic E-state index is -0.634. The maximum absolute atomic E-state index is 12.5. The van der Waals surface area contributed by atoms with Crippen LogP contribution in [0.5, 0.6) is 0 Å². The Bertz CT molecular complexity index is 1650. The van der Waals surface area contributed by atoms with Crippen molar-refractivity contribution in [3.8, 4) is 17.3 Å². The summed E-state index contributed by atoms with van der Waals surface area (Å²) in [6.45, 7) is 16.0. The van der Waals surface area contributed by atoms with E-state index in [1.54, 1.807) is 0 Å². The lowest BCUT2D eigenvalue weighted by Crippen LogP contribution is -2.43. The third-order valence-corrected chi connectivity index (χ3v) is 9.73. The quantitative estimate of drug-likeness (QED) is 0.160. The first-order valence-electron chi connectivity index (χ1n) is 18.6. The fourth-order valence-electron chi connectivity index (χ4n) is 6.46. The molecule has 3 aromatic rings. The number of rotatable bonds is 15. The van der Waals surface area contributed by atoms with E-state index < -0.39 is 17.1 Å². The predicted molar refractivity (Wildman–Crippen MR) is 198 cm³/mol. The van der Waals surface area contributed by atoms with Crippen molar-refractivity contribution in [2.24, 2.45) is 16.7 Å². The maximum atomic E-state index is 12.5. The Labute approximate surface area is 307 Å². The van der Waals surface area contributed by atoms with Crippen LogP contribution in [0, 0.1) is 35.0 Å². The SMILES string of the molecule is Cc1cnc(N[C@H]2CC[C@H](N[C@H](C)COCc3nnn([C@H](OC(=O)C(C)(C)C)C(C)C)n3)CC2)cc1-c1cccc(NCC2(C#N)CCOCC2)n1. The Balaban J connectivity index is 1.05. The number of anilines is 2. The number of hydrogen-bond donors (Lipinski definition) is 3. The number of ether oxygens (including phenoxy) is 3. The molecule has 0 radical (unpaired) electrons. The molecule has 2 atom stereocenters. The Morgan fingerprint density at radius 2 is 1.85 bits per heavy atom. The monoisotopic (exact) mass is 716 g/mol. The van der Waals surface area contributed by atoms with Gasteiger partial charge in [-0.15, -0.1) is 15.0 Å². The van der Waals surface area contributed by atoms with Crippen LogP contribution in [-0.2, 0) is 25.6 Å². The number of nitriles is 1. The first-order valence-corrected chi connectivity index (χ1v) is 18.6. The first kappa shape index (κ1) is 39.0. The number of hydrogen-bond acceptors (Lipinski definition) is 13. The molecule has 3 aromatic heterocycles. The number of tetrazole rings is 1. The van der Waals surface area contributed by atoms with Crippen molar-refractivity contribution in [3.63, 3.8) is 0 Å². The second-order valence-corrected chi connectivity index (χ2v) is 15.7. The van der Waals surface area contributed by atoms with E-state index in [0.717, 1.165) is 67.0 Å². The van der Waals surface area contributed by atoms with Gasteiger partial charge in [-0.25, -0.2) is 9.97 Å². The Hall–Kier alpha value is -4.19. The van der Waals surface area contributed by atoms with Crippen LogP contribution in [0.2, 0.25) is 0 Å². The van der Waals surface area contributed by atoms with Crippen LogP contribution in [0.15, 0.2) is 30.5 Å². The predicted octanol–water partition coefficient (Wildman–Crippen LogP) is 5.83. The summed E-state index contributed by atoms with van der Waals surface area (Å²) in [6.07, 6.45) is 6.88. The highest BCUT2D eigenvalue weighted by molar-refractivity contribution is 5.75. The molecule has 0 bridgehead atoms. The van der Waals surface area contributed by atoms with Gasteiger partial charge in [-0.2, -0.15) is 5.26 Å². The van der Waals surface area contributed by atoms with Gasteiger partial charge in [0.15, 0.2) is 0 Å². The molecule has 14 heteroatoms. The van der Waals surface area contributed by atoms with Gasteiger partial charge in [0.1, 0.15) is 18.2 Å². The third-order valence-electron chi connectivity index (χ3n) is 9.73. The summed E-state index contributed by atoms with van der Waals surface area (Å²) in [5.41, 5.74) is 1.91. The number of aromatic nitrogens is 6. The average molecular weight is 717 g/mol. The molecular weight excluding hydrogens is 660 g/mol. The number of carbonyl (C=O) groups is 1. The molecule has 0 aromatic carbocycles. The highest BCUT2D eigenvalue weighted by atomic mass is 16.6. The molecule has 1 aliphatic heterocycles. The van der Waals surface area contributed by atoms with Crippen LogP contribution in [0.4, 0.5) is 11.6 Å². The van der Waals surface area contributed by atoms with Gasteiger partial charge in [0.05, 0.1) is 29.2 Å². The standard InChI is InChI=1S/C38H56N10O4/c1-25(2)35(52-36(49)37(5,6)7)48-46-34(45-47-48)22-51-21-27(4)42-28-11-13-29(14-12-28)43-33-19-30(26(3)20-40-33)31-9-8-10-32(44-31)41-24-38(23-39)15-17-50-18-16-38/h8-10,19-20,25,27-29,35,42H,11-18,21-22,24H2,1-7H3,(H,40,43)(H,41,44)/t27-,28-,29-,35-/m1/s1. The van der Waals surface area contributed by atoms with Crippen LogP contribution in [0.1, 0.15) is 97.7 Å². The molecule has 2 fully saturated rings. The van der Waals surface area contributed by atoms with Crippen LogP contribution < -0.4 is 16.0 Å². The topological polar surface area (TPSA) is 174 Å². The van der Waals surface area contributed by atoms with E-state index in [-0.39, 0.29) is 24.5 Å². The number of esters is 1. The highest BCUT2D eigenvalue weighted by Crippen LogP contribution is 2.31. The maximum Gasteiger partial charge on any atom is 0.313 e. The molecule has 1 saturated carbocycles. The lowest BCUT2D eigenvalue weighted by molar-refractivity contribution is -0.169. The minimum absolute atomic E-state index is 0.0229. The van der Waals surface area contributed by atoms with Crippen LogP contribution in [0.25, 0.3) is 11.3 Å². The summed E-state index contributed by atoms with van der Waals surface area (Å²) in [5.74, 6) is 1.72. The van der Waals surface area contributed by atoms with Crippen molar-refractivity contribution in [2.75, 3.05) is 37.0 Å². The Morgan fingerprint density at radius 3 is 2.54 bits per heavy atom. The van der Waals surface area contributed by atoms with Gasteiger partial charge in [-0.3, -0.25) is 4.79 Å². The Kier molecular flexibility index (Phi) is 13.2. The zero-order valence-electron chi connectivity index (χ0n) is 31.8. The van der Waals surface area contributed by atoms with Crippen molar-refractivity contribution >= 4 is 17.6 Å². The molecule has 1 aliphatic carbocycles. The van der Waals surface area contributed by atoms with Crippen molar-refractivity contribution < 1.29 is 19.0 Å². The molecule has 14 nitrogen and oxygen atoms in total. The van der Waals surface area contributed by atoms with Gasteiger partial charge in [0, 0.05) is 55.6 Å². The second kappa shape index (κ2) is 17.6. The number of nitrogens with one attached hydrogen (secondary N) is 3. The molecule has 282 valence electrons. The molecule has 0 spiro atoms. The molecule has 0 unspecified atom stereocenters. The van der Waals surface area contributed by atoms with Crippen molar-refractivity contribution in [1.82, 2.24) is 35.5 Å². The molecule has 4 heterocycles. The summed E-state index contributed by atoms with van der Waals surface area (Å²) in [6, 6.07) is 11.5. The number of aryl methyl sites for hydroxylation is 1. The third kappa shape index (κ3) is 10.7. The summed E-state index contributed by atoms with van der Waals surface area (Å²) in [7, 11) is 0. The van der Waals surface area contributed by atoms with Crippen molar-refractivity contribution in [2.45, 2.75) is 118 Å². The number of nitrogens with zero attached hydrogens (tertiary/aromatic N) is 7. The molecular formula is C38H56N10O4. The molecule has 3 N–H and O–H groups in total. The fourth-order valence-corrected chi connectivity index (χ4v) is 6.46. The number of carbonyl (C=O) groups excluding carboxylic acids is 1. The molecule has 5 rings (SSSR count). The summed E-state index contributed by atoms with van der Waals surface area (Å²) in [4.78, 5) is 23.4. The molecule has 1 saturated heterocycles. The van der Waals surface area contributed by atoms with Gasteiger partial charge < -0.3 is 30.2 Å². The van der Waals surface area contributed by atoms with E-state index >= 15 is 0 Å². The highest BCUT2D eigenvalue weighted by Gasteiger charge is 2.33. The van der Waals surface area contributed by atoms with Gasteiger partial charge in [0.25, 0.3) is 0 Å². The first-order chi connectivity index (χ1) is 24.8. The van der Waals surface area contributed by atoms with E-state index in [0.29, 0.717) is 44.3 Å². The summed E-state index contributed by atoms with van der Waals surface area (Å²) < 4.78 is 17.1. The smallest absolute Gasteiger partial charge is 0.313 e. The van der Waals surface area contributed by atoms with Gasteiger partial charge >= 0.3 is 5.97 Å². The zero-order valence-corrected chi connectivity index (χ0v) is 31.8. The van der Waals surface area contributed by atoms with Gasteiger partial charge in [-0.05, 0) is 102 Å².